The molecule has 0 fully saturated rings. The molecule has 2 aromatic rings. The largest absolute Gasteiger partial charge is 0.493 e. The van der Waals surface area contributed by atoms with E-state index in [1.165, 1.54) is 18.0 Å². The van der Waals surface area contributed by atoms with E-state index in [-0.39, 0.29) is 15.9 Å². The van der Waals surface area contributed by atoms with E-state index in [2.05, 4.69) is 21.0 Å². The van der Waals surface area contributed by atoms with Gasteiger partial charge in [0.1, 0.15) is 23.4 Å². The number of methoxy groups -OCH3 is 1. The molecule has 1 unspecified atom stereocenters. The number of hydrogen-bond acceptors (Lipinski definition) is 3. The van der Waals surface area contributed by atoms with Gasteiger partial charge in [-0.05, 0) is 18.6 Å². The molecule has 0 bridgehead atoms. The maximum absolute atomic E-state index is 14.0. The summed E-state index contributed by atoms with van der Waals surface area (Å²) in [6, 6.07) is 2.21. The van der Waals surface area contributed by atoms with Crippen molar-refractivity contribution in [1.82, 2.24) is 9.78 Å². The van der Waals surface area contributed by atoms with Crippen molar-refractivity contribution >= 4 is 15.9 Å². The highest BCUT2D eigenvalue weighted by Gasteiger charge is 2.27. The molecule has 0 amide bonds. The minimum absolute atomic E-state index is 0.236. The second-order valence-electron chi connectivity index (χ2n) is 4.51. The third kappa shape index (κ3) is 3.08. The van der Waals surface area contributed by atoms with Crippen molar-refractivity contribution in [2.24, 2.45) is 0 Å². The van der Waals surface area contributed by atoms with Crippen molar-refractivity contribution < 1.29 is 18.6 Å². The average Bonchev–Trinajstić information content (AvgIpc) is 2.80. The first-order valence-corrected chi connectivity index (χ1v) is 7.21. The molecule has 0 saturated heterocycles. The van der Waals surface area contributed by atoms with Gasteiger partial charge in [0, 0.05) is 11.0 Å². The SMILES string of the molecule is CCCn1ncc(OC)c1C(O)c1c(F)cc(Br)cc1F. The first-order chi connectivity index (χ1) is 9.99. The quantitative estimate of drug-likeness (QED) is 0.888. The summed E-state index contributed by atoms with van der Waals surface area (Å²) in [4.78, 5) is 0. The Hall–Kier alpha value is -1.47. The normalized spacial score (nSPS) is 12.5. The molecule has 1 aromatic heterocycles. The zero-order valence-corrected chi connectivity index (χ0v) is 13.2. The number of nitrogens with zero attached hydrogens (tertiary/aromatic N) is 2. The molecule has 21 heavy (non-hydrogen) atoms. The summed E-state index contributed by atoms with van der Waals surface area (Å²) in [5, 5.41) is 14.5. The van der Waals surface area contributed by atoms with Crippen LogP contribution in [0.3, 0.4) is 0 Å². The summed E-state index contributed by atoms with van der Waals surface area (Å²) in [6.07, 6.45) is 0.681. The third-order valence-corrected chi connectivity index (χ3v) is 3.53. The predicted octanol–water partition coefficient (Wildman–Crippen LogP) is 3.42. The van der Waals surface area contributed by atoms with Crippen LogP contribution in [0.15, 0.2) is 22.8 Å². The number of aliphatic hydroxyl groups excluding tert-OH is 1. The second-order valence-corrected chi connectivity index (χ2v) is 5.42. The number of benzene rings is 1. The van der Waals surface area contributed by atoms with Gasteiger partial charge in [-0.25, -0.2) is 8.78 Å². The number of aromatic nitrogens is 2. The molecule has 1 aromatic carbocycles. The number of hydrogen-bond donors (Lipinski definition) is 1. The fraction of sp³-hybridized carbons (Fsp3) is 0.357. The maximum Gasteiger partial charge on any atom is 0.163 e. The van der Waals surface area contributed by atoms with E-state index >= 15 is 0 Å². The van der Waals surface area contributed by atoms with E-state index in [1.807, 2.05) is 6.92 Å². The Kier molecular flexibility index (Phi) is 4.95. The first-order valence-electron chi connectivity index (χ1n) is 6.41. The zero-order chi connectivity index (χ0) is 15.6. The van der Waals surface area contributed by atoms with E-state index in [4.69, 9.17) is 4.74 Å². The molecule has 1 heterocycles. The van der Waals surface area contributed by atoms with Gasteiger partial charge in [0.15, 0.2) is 5.75 Å². The Morgan fingerprint density at radius 2 is 2.00 bits per heavy atom. The van der Waals surface area contributed by atoms with Gasteiger partial charge in [-0.15, -0.1) is 0 Å². The van der Waals surface area contributed by atoms with Crippen molar-refractivity contribution in [1.29, 1.82) is 0 Å². The number of ether oxygens (including phenoxy) is 1. The second kappa shape index (κ2) is 6.53. The van der Waals surface area contributed by atoms with Crippen LogP contribution in [0.4, 0.5) is 8.78 Å². The van der Waals surface area contributed by atoms with Crippen LogP contribution in [0, 0.1) is 11.6 Å². The highest BCUT2D eigenvalue weighted by atomic mass is 79.9. The summed E-state index contributed by atoms with van der Waals surface area (Å²) in [5.74, 6) is -1.38. The van der Waals surface area contributed by atoms with Gasteiger partial charge < -0.3 is 9.84 Å². The van der Waals surface area contributed by atoms with Crippen LogP contribution >= 0.6 is 15.9 Å². The monoisotopic (exact) mass is 360 g/mol. The van der Waals surface area contributed by atoms with Crippen molar-refractivity contribution in [2.75, 3.05) is 7.11 Å². The van der Waals surface area contributed by atoms with Crippen LogP contribution in [0.5, 0.6) is 5.75 Å². The van der Waals surface area contributed by atoms with Crippen LogP contribution in [-0.4, -0.2) is 22.0 Å². The highest BCUT2D eigenvalue weighted by molar-refractivity contribution is 9.10. The minimum atomic E-state index is -1.50. The molecule has 4 nitrogen and oxygen atoms in total. The number of aryl methyl sites for hydroxylation is 1. The number of rotatable bonds is 5. The Labute approximate surface area is 129 Å². The molecule has 7 heteroatoms. The molecule has 114 valence electrons. The van der Waals surface area contributed by atoms with Crippen molar-refractivity contribution in [3.63, 3.8) is 0 Å². The van der Waals surface area contributed by atoms with Crippen molar-refractivity contribution in [2.45, 2.75) is 26.0 Å². The first kappa shape index (κ1) is 15.9. The minimum Gasteiger partial charge on any atom is -0.493 e. The van der Waals surface area contributed by atoms with Gasteiger partial charge in [-0.1, -0.05) is 22.9 Å². The predicted molar refractivity (Wildman–Crippen MR) is 77.2 cm³/mol. The molecule has 0 saturated carbocycles. The molecular weight excluding hydrogens is 346 g/mol. The van der Waals surface area contributed by atoms with Gasteiger partial charge in [0.2, 0.25) is 0 Å². The van der Waals surface area contributed by atoms with Gasteiger partial charge >= 0.3 is 0 Å². The lowest BCUT2D eigenvalue weighted by atomic mass is 10.0. The van der Waals surface area contributed by atoms with E-state index in [0.29, 0.717) is 6.54 Å². The van der Waals surface area contributed by atoms with Gasteiger partial charge in [-0.2, -0.15) is 5.10 Å². The smallest absolute Gasteiger partial charge is 0.163 e. The van der Waals surface area contributed by atoms with Crippen LogP contribution in [0.25, 0.3) is 0 Å². The highest BCUT2D eigenvalue weighted by Crippen LogP contribution is 2.34. The fourth-order valence-corrected chi connectivity index (χ4v) is 2.55. The summed E-state index contributed by atoms with van der Waals surface area (Å²) in [7, 11) is 1.41. The average molecular weight is 361 g/mol. The van der Waals surface area contributed by atoms with Crippen LogP contribution in [0.2, 0.25) is 0 Å². The van der Waals surface area contributed by atoms with E-state index in [1.54, 1.807) is 0 Å². The van der Waals surface area contributed by atoms with Crippen LogP contribution < -0.4 is 4.74 Å². The Bertz CT molecular complexity index is 623. The molecule has 1 N–H and O–H groups in total. The molecule has 0 spiro atoms. The fourth-order valence-electron chi connectivity index (χ4n) is 2.15. The molecule has 0 radical (unpaired) electrons. The lowest BCUT2D eigenvalue weighted by molar-refractivity contribution is 0.191. The van der Waals surface area contributed by atoms with Crippen LogP contribution in [0.1, 0.15) is 30.7 Å². The Morgan fingerprint density at radius 1 is 1.38 bits per heavy atom. The molecule has 1 atom stereocenters. The van der Waals surface area contributed by atoms with E-state index < -0.39 is 23.3 Å². The Morgan fingerprint density at radius 3 is 2.52 bits per heavy atom. The molecule has 0 aliphatic heterocycles. The topological polar surface area (TPSA) is 47.3 Å². The number of aliphatic hydroxyl groups is 1. The summed E-state index contributed by atoms with van der Waals surface area (Å²) >= 11 is 3.01. The zero-order valence-electron chi connectivity index (χ0n) is 11.6. The van der Waals surface area contributed by atoms with E-state index in [9.17, 15) is 13.9 Å². The lowest BCUT2D eigenvalue weighted by Crippen LogP contribution is -2.14. The van der Waals surface area contributed by atoms with Crippen LogP contribution in [-0.2, 0) is 6.54 Å². The van der Waals surface area contributed by atoms with Gasteiger partial charge in [0.05, 0.1) is 18.9 Å². The third-order valence-electron chi connectivity index (χ3n) is 3.08. The molecular formula is C14H15BrF2N2O2. The Balaban J connectivity index is 2.54. The summed E-state index contributed by atoms with van der Waals surface area (Å²) in [6.45, 7) is 2.45. The maximum atomic E-state index is 14.0. The lowest BCUT2D eigenvalue weighted by Gasteiger charge is -2.16. The molecule has 0 aliphatic carbocycles. The molecule has 2 rings (SSSR count). The van der Waals surface area contributed by atoms with Gasteiger partial charge in [0.25, 0.3) is 0 Å². The summed E-state index contributed by atoms with van der Waals surface area (Å²) < 4.78 is 34.9. The number of halogens is 3. The molecule has 0 aliphatic rings. The summed E-state index contributed by atoms with van der Waals surface area (Å²) in [5.41, 5.74) is -0.186. The van der Waals surface area contributed by atoms with Gasteiger partial charge in [-0.3, -0.25) is 4.68 Å². The van der Waals surface area contributed by atoms with Crippen molar-refractivity contribution in [3.05, 3.63) is 45.7 Å². The standard InChI is InChI=1S/C14H15BrF2N2O2/c1-3-4-19-13(11(21-2)7-18-19)14(20)12-9(16)5-8(15)6-10(12)17/h5-7,14,20H,3-4H2,1-2H3. The van der Waals surface area contributed by atoms with Crippen molar-refractivity contribution in [3.8, 4) is 5.75 Å². The van der Waals surface area contributed by atoms with E-state index in [0.717, 1.165) is 18.6 Å².